The fourth-order valence-corrected chi connectivity index (χ4v) is 6.71. The molecule has 1 heterocycles. The molecule has 2 fully saturated rings. The van der Waals surface area contributed by atoms with Crippen molar-refractivity contribution in [1.29, 1.82) is 0 Å². The van der Waals surface area contributed by atoms with Gasteiger partial charge in [0.2, 0.25) is 0 Å². The van der Waals surface area contributed by atoms with Gasteiger partial charge in [-0.1, -0.05) is 39.3 Å². The summed E-state index contributed by atoms with van der Waals surface area (Å²) in [5, 5.41) is 0.00675. The number of esters is 2. The molecule has 0 aromatic rings. The summed E-state index contributed by atoms with van der Waals surface area (Å²) in [6.45, 7) is 18.6. The Bertz CT molecular complexity index is 769. The van der Waals surface area contributed by atoms with Crippen LogP contribution in [0.4, 0.5) is 0 Å². The van der Waals surface area contributed by atoms with Crippen LogP contribution in [0.25, 0.3) is 0 Å². The Labute approximate surface area is 188 Å². The molecule has 3 rings (SSSR count). The van der Waals surface area contributed by atoms with E-state index in [9.17, 15) is 9.59 Å². The molecule has 0 aromatic heterocycles. The van der Waals surface area contributed by atoms with Crippen LogP contribution in [0.5, 0.6) is 0 Å². The van der Waals surface area contributed by atoms with Gasteiger partial charge in [0.05, 0.1) is 12.2 Å². The third kappa shape index (κ3) is 4.13. The molecule has 0 amide bonds. The second-order valence-electron chi connectivity index (χ2n) is 11.5. The third-order valence-corrected chi connectivity index (χ3v) is 12.9. The fourth-order valence-electron chi connectivity index (χ4n) is 5.37. The summed E-state index contributed by atoms with van der Waals surface area (Å²) < 4.78 is 25.2. The van der Waals surface area contributed by atoms with Crippen LogP contribution in [0.3, 0.4) is 0 Å². The van der Waals surface area contributed by atoms with Crippen LogP contribution in [0.1, 0.15) is 67.7 Å². The lowest BCUT2D eigenvalue weighted by Crippen LogP contribution is -2.65. The van der Waals surface area contributed by atoms with Gasteiger partial charge in [-0.25, -0.2) is 0 Å². The highest BCUT2D eigenvalue weighted by atomic mass is 28.4. The maximum atomic E-state index is 11.9. The van der Waals surface area contributed by atoms with E-state index in [4.69, 9.17) is 18.6 Å². The van der Waals surface area contributed by atoms with Gasteiger partial charge in [0.15, 0.2) is 8.32 Å². The monoisotopic (exact) mass is 452 g/mol. The summed E-state index contributed by atoms with van der Waals surface area (Å²) >= 11 is 0. The lowest BCUT2D eigenvalue weighted by atomic mass is 9.54. The zero-order valence-corrected chi connectivity index (χ0v) is 21.7. The minimum Gasteiger partial charge on any atom is -0.465 e. The van der Waals surface area contributed by atoms with E-state index in [-0.39, 0.29) is 47.3 Å². The van der Waals surface area contributed by atoms with Gasteiger partial charge in [0.25, 0.3) is 0 Å². The molecule has 6 atom stereocenters. The van der Waals surface area contributed by atoms with E-state index in [2.05, 4.69) is 53.8 Å². The summed E-state index contributed by atoms with van der Waals surface area (Å²) in [5.41, 5.74) is 0.525. The first-order valence-electron chi connectivity index (χ1n) is 11.4. The Morgan fingerprint density at radius 1 is 1.23 bits per heavy atom. The Balaban J connectivity index is 2.12. The number of hydrogen-bond acceptors (Lipinski definition) is 6. The first-order chi connectivity index (χ1) is 14.1. The summed E-state index contributed by atoms with van der Waals surface area (Å²) in [7, 11) is -2.19. The molecule has 7 heteroatoms. The highest BCUT2D eigenvalue weighted by Gasteiger charge is 2.71. The van der Waals surface area contributed by atoms with Crippen LogP contribution in [0.2, 0.25) is 18.1 Å². The zero-order chi connectivity index (χ0) is 23.4. The van der Waals surface area contributed by atoms with Crippen molar-refractivity contribution in [2.45, 2.75) is 110 Å². The van der Waals surface area contributed by atoms with Gasteiger partial charge in [0, 0.05) is 24.7 Å². The van der Waals surface area contributed by atoms with Crippen molar-refractivity contribution in [3.8, 4) is 0 Å². The summed E-state index contributed by atoms with van der Waals surface area (Å²) in [6.07, 6.45) is 3.44. The van der Waals surface area contributed by atoms with Gasteiger partial charge in [-0.05, 0) is 44.3 Å². The number of ether oxygens (including phenoxy) is 3. The number of allylic oxidation sites excluding steroid dienone is 1. The number of hydrogen-bond donors (Lipinski definition) is 0. The molecule has 31 heavy (non-hydrogen) atoms. The summed E-state index contributed by atoms with van der Waals surface area (Å²) in [6, 6.07) is 0. The second kappa shape index (κ2) is 7.99. The predicted octanol–water partition coefficient (Wildman–Crippen LogP) is 4.78. The van der Waals surface area contributed by atoms with Gasteiger partial charge >= 0.3 is 11.9 Å². The van der Waals surface area contributed by atoms with E-state index in [1.165, 1.54) is 19.4 Å². The molecule has 2 aliphatic carbocycles. The van der Waals surface area contributed by atoms with E-state index in [0.29, 0.717) is 6.42 Å². The van der Waals surface area contributed by atoms with E-state index < -0.39 is 19.8 Å². The first-order valence-corrected chi connectivity index (χ1v) is 14.3. The molecule has 1 saturated carbocycles. The molecule has 0 radical (unpaired) electrons. The maximum Gasteiger partial charge on any atom is 0.302 e. The molecule has 0 N–H and O–H groups in total. The van der Waals surface area contributed by atoms with Gasteiger partial charge < -0.3 is 18.6 Å². The average Bonchev–Trinajstić information content (AvgIpc) is 2.83. The Kier molecular flexibility index (Phi) is 6.31. The average molecular weight is 453 g/mol. The van der Waals surface area contributed by atoms with Crippen molar-refractivity contribution in [2.24, 2.45) is 10.8 Å². The summed E-state index contributed by atoms with van der Waals surface area (Å²) in [4.78, 5) is 23.9. The third-order valence-electron chi connectivity index (χ3n) is 8.40. The quantitative estimate of drug-likeness (QED) is 0.340. The second-order valence-corrected chi connectivity index (χ2v) is 16.3. The Morgan fingerprint density at radius 3 is 2.42 bits per heavy atom. The van der Waals surface area contributed by atoms with E-state index in [1.807, 2.05) is 0 Å². The maximum absolute atomic E-state index is 11.9. The van der Waals surface area contributed by atoms with E-state index >= 15 is 0 Å². The SMILES string of the molecule is CC(=O)OC[C@@]12C[C@@H](OC(C)=O)[C@@H](O[C@@H]3C=C(C)CC[C@@]31C)[C@H]2O[Si](C)(C)C(C)(C)C. The topological polar surface area (TPSA) is 71.1 Å². The molecule has 0 unspecified atom stereocenters. The van der Waals surface area contributed by atoms with Crippen LogP contribution in [-0.2, 0) is 28.2 Å². The smallest absolute Gasteiger partial charge is 0.302 e. The zero-order valence-electron chi connectivity index (χ0n) is 20.7. The molecular formula is C24H40O6Si. The Morgan fingerprint density at radius 2 is 1.87 bits per heavy atom. The molecule has 6 nitrogen and oxygen atoms in total. The highest BCUT2D eigenvalue weighted by Crippen LogP contribution is 2.64. The molecular weight excluding hydrogens is 412 g/mol. The van der Waals surface area contributed by atoms with Crippen LogP contribution in [-0.4, -0.2) is 51.3 Å². The number of carbonyl (C=O) groups is 2. The van der Waals surface area contributed by atoms with Gasteiger partial charge in [-0.15, -0.1) is 0 Å². The van der Waals surface area contributed by atoms with Crippen LogP contribution < -0.4 is 0 Å². The van der Waals surface area contributed by atoms with Crippen molar-refractivity contribution in [2.75, 3.05) is 6.61 Å². The standard InChI is InChI=1S/C24H40O6Si/c1-15-10-11-23(7)19(12-15)29-20-18(28-17(3)26)13-24(23,14-27-16(2)25)21(20)30-31(8,9)22(4,5)6/h12,18-21H,10-11,13-14H2,1-9H3/t18-,19-,20-,21-,23+,24-/m1/s1. The Hall–Kier alpha value is -1.18. The van der Waals surface area contributed by atoms with Crippen molar-refractivity contribution in [1.82, 2.24) is 0 Å². The summed E-state index contributed by atoms with van der Waals surface area (Å²) in [5.74, 6) is -0.628. The minimum absolute atomic E-state index is 0.00675. The molecule has 2 bridgehead atoms. The number of rotatable bonds is 5. The predicted molar refractivity (Wildman–Crippen MR) is 121 cm³/mol. The fraction of sp³-hybridized carbons (Fsp3) is 0.833. The van der Waals surface area contributed by atoms with Crippen molar-refractivity contribution >= 4 is 20.3 Å². The van der Waals surface area contributed by atoms with Crippen LogP contribution in [0.15, 0.2) is 11.6 Å². The van der Waals surface area contributed by atoms with Gasteiger partial charge in [-0.3, -0.25) is 9.59 Å². The van der Waals surface area contributed by atoms with Crippen LogP contribution >= 0.6 is 0 Å². The molecule has 1 aliphatic heterocycles. The molecule has 1 saturated heterocycles. The van der Waals surface area contributed by atoms with E-state index in [0.717, 1.165) is 12.8 Å². The lowest BCUT2D eigenvalue weighted by molar-refractivity contribution is -0.230. The van der Waals surface area contributed by atoms with Crippen molar-refractivity contribution < 1.29 is 28.2 Å². The van der Waals surface area contributed by atoms with Crippen molar-refractivity contribution in [3.05, 3.63) is 11.6 Å². The molecule has 3 aliphatic rings. The van der Waals surface area contributed by atoms with Gasteiger partial charge in [-0.2, -0.15) is 0 Å². The molecule has 0 aromatic carbocycles. The minimum atomic E-state index is -2.19. The van der Waals surface area contributed by atoms with E-state index in [1.54, 1.807) is 0 Å². The molecule has 176 valence electrons. The highest BCUT2D eigenvalue weighted by molar-refractivity contribution is 6.74. The largest absolute Gasteiger partial charge is 0.465 e. The first kappa shape index (κ1) is 24.5. The normalized spacial score (nSPS) is 37.6. The number of carbonyl (C=O) groups excluding carboxylic acids is 2. The van der Waals surface area contributed by atoms with Crippen molar-refractivity contribution in [3.63, 3.8) is 0 Å². The van der Waals surface area contributed by atoms with Gasteiger partial charge in [0.1, 0.15) is 18.8 Å². The molecule has 0 spiro atoms. The lowest BCUT2D eigenvalue weighted by Gasteiger charge is -2.59. The van der Waals surface area contributed by atoms with Crippen LogP contribution in [0, 0.1) is 10.8 Å². The number of fused-ring (bicyclic) bond motifs is 4.